The van der Waals surface area contributed by atoms with Crippen LogP contribution in [0.15, 0.2) is 0 Å². The maximum absolute atomic E-state index is 9.66. The Bertz CT molecular complexity index is 142. The summed E-state index contributed by atoms with van der Waals surface area (Å²) in [5.74, 6) is 2.85. The van der Waals surface area contributed by atoms with E-state index >= 15 is 0 Å². The summed E-state index contributed by atoms with van der Waals surface area (Å²) >= 11 is 0. The first-order chi connectivity index (χ1) is 4.70. The summed E-state index contributed by atoms with van der Waals surface area (Å²) in [4.78, 5) is 0. The molecule has 2 aliphatic carbocycles. The van der Waals surface area contributed by atoms with E-state index in [1.54, 1.807) is 0 Å². The Labute approximate surface area is 62.4 Å². The Hall–Kier alpha value is -0.0400. The van der Waals surface area contributed by atoms with E-state index in [9.17, 15) is 5.11 Å². The molecule has 5 atom stereocenters. The zero-order chi connectivity index (χ0) is 7.30. The van der Waals surface area contributed by atoms with Gasteiger partial charge in [-0.25, -0.2) is 0 Å². The summed E-state index contributed by atoms with van der Waals surface area (Å²) in [5.41, 5.74) is 0. The van der Waals surface area contributed by atoms with E-state index in [1.165, 1.54) is 12.8 Å². The molecular weight excluding hydrogens is 124 g/mol. The summed E-state index contributed by atoms with van der Waals surface area (Å²) in [5, 5.41) is 9.66. The second-order valence-electron chi connectivity index (χ2n) is 4.22. The zero-order valence-corrected chi connectivity index (χ0v) is 6.75. The van der Waals surface area contributed by atoms with Crippen molar-refractivity contribution in [1.82, 2.24) is 0 Å². The molecule has 0 spiro atoms. The van der Waals surface area contributed by atoms with Crippen molar-refractivity contribution in [3.05, 3.63) is 0 Å². The number of hydrogen-bond donors (Lipinski definition) is 1. The second kappa shape index (κ2) is 1.97. The molecule has 2 aliphatic rings. The van der Waals surface area contributed by atoms with E-state index in [2.05, 4.69) is 13.8 Å². The summed E-state index contributed by atoms with van der Waals surface area (Å²) < 4.78 is 0. The van der Waals surface area contributed by atoms with Crippen LogP contribution in [0, 0.1) is 23.7 Å². The molecule has 2 bridgehead atoms. The fourth-order valence-electron chi connectivity index (χ4n) is 2.90. The maximum Gasteiger partial charge on any atom is 0.0599 e. The van der Waals surface area contributed by atoms with Gasteiger partial charge in [0.15, 0.2) is 0 Å². The molecule has 0 aliphatic heterocycles. The summed E-state index contributed by atoms with van der Waals surface area (Å²) in [6, 6.07) is 0. The number of hydrogen-bond acceptors (Lipinski definition) is 1. The van der Waals surface area contributed by atoms with Gasteiger partial charge in [-0.15, -0.1) is 0 Å². The van der Waals surface area contributed by atoms with Gasteiger partial charge in [0.25, 0.3) is 0 Å². The molecule has 0 amide bonds. The Morgan fingerprint density at radius 2 is 1.90 bits per heavy atom. The standard InChI is InChI=1S/C9H16O/c1-5-3-7-4-8(5)9(10)6(7)2/h5-10H,3-4H2,1-2H3/t5-,6-,7+,8+,9+/m0/s1. The lowest BCUT2D eigenvalue weighted by atomic mass is 9.82. The lowest BCUT2D eigenvalue weighted by Crippen LogP contribution is -2.29. The SMILES string of the molecule is C[C@H]1[C@H]2C[C@@H]([C@@H]1O)[C@@H](C)C2. The van der Waals surface area contributed by atoms with E-state index in [-0.39, 0.29) is 6.10 Å². The van der Waals surface area contributed by atoms with E-state index in [0.29, 0.717) is 11.8 Å². The van der Waals surface area contributed by atoms with Gasteiger partial charge in [0.1, 0.15) is 0 Å². The van der Waals surface area contributed by atoms with Gasteiger partial charge in [-0.05, 0) is 36.5 Å². The highest BCUT2D eigenvalue weighted by atomic mass is 16.3. The molecule has 0 aromatic carbocycles. The summed E-state index contributed by atoms with van der Waals surface area (Å²) in [6.07, 6.45) is 2.68. The number of fused-ring (bicyclic) bond motifs is 2. The Morgan fingerprint density at radius 1 is 1.20 bits per heavy atom. The molecule has 0 radical (unpaired) electrons. The maximum atomic E-state index is 9.66. The van der Waals surface area contributed by atoms with Gasteiger partial charge in [-0.2, -0.15) is 0 Å². The minimum atomic E-state index is 0.0220. The largest absolute Gasteiger partial charge is 0.393 e. The van der Waals surface area contributed by atoms with Crippen LogP contribution in [-0.2, 0) is 0 Å². The molecule has 0 saturated heterocycles. The molecular formula is C9H16O. The molecule has 0 unspecified atom stereocenters. The molecule has 1 nitrogen and oxygen atoms in total. The predicted octanol–water partition coefficient (Wildman–Crippen LogP) is 1.66. The monoisotopic (exact) mass is 140 g/mol. The molecule has 0 aromatic rings. The van der Waals surface area contributed by atoms with Gasteiger partial charge in [0.05, 0.1) is 6.10 Å². The van der Waals surface area contributed by atoms with E-state index in [1.807, 2.05) is 0 Å². The van der Waals surface area contributed by atoms with E-state index in [4.69, 9.17) is 0 Å². The number of aliphatic hydroxyl groups is 1. The molecule has 10 heavy (non-hydrogen) atoms. The lowest BCUT2D eigenvalue weighted by Gasteiger charge is -2.28. The first kappa shape index (κ1) is 6.66. The van der Waals surface area contributed by atoms with Crippen LogP contribution in [0.4, 0.5) is 0 Å². The Morgan fingerprint density at radius 3 is 2.30 bits per heavy atom. The van der Waals surface area contributed by atoms with Crippen molar-refractivity contribution in [2.24, 2.45) is 23.7 Å². The van der Waals surface area contributed by atoms with Crippen LogP contribution < -0.4 is 0 Å². The minimum Gasteiger partial charge on any atom is -0.393 e. The molecule has 2 saturated carbocycles. The van der Waals surface area contributed by atoms with Crippen molar-refractivity contribution in [1.29, 1.82) is 0 Å². The second-order valence-corrected chi connectivity index (χ2v) is 4.22. The van der Waals surface area contributed by atoms with Gasteiger partial charge in [0, 0.05) is 0 Å². The quantitative estimate of drug-likeness (QED) is 0.542. The van der Waals surface area contributed by atoms with Crippen molar-refractivity contribution >= 4 is 0 Å². The normalized spacial score (nSPS) is 59.7. The average molecular weight is 140 g/mol. The molecule has 2 fully saturated rings. The van der Waals surface area contributed by atoms with Crippen LogP contribution in [0.2, 0.25) is 0 Å². The molecule has 0 aromatic heterocycles. The van der Waals surface area contributed by atoms with Crippen LogP contribution in [0.25, 0.3) is 0 Å². The average Bonchev–Trinajstić information content (AvgIpc) is 2.36. The molecule has 2 rings (SSSR count). The lowest BCUT2D eigenvalue weighted by molar-refractivity contribution is 0.0438. The topological polar surface area (TPSA) is 20.2 Å². The first-order valence-corrected chi connectivity index (χ1v) is 4.38. The Kier molecular flexibility index (Phi) is 1.31. The van der Waals surface area contributed by atoms with E-state index in [0.717, 1.165) is 11.8 Å². The molecule has 1 N–H and O–H groups in total. The molecule has 1 heteroatoms. The van der Waals surface area contributed by atoms with Crippen LogP contribution in [0.1, 0.15) is 26.7 Å². The zero-order valence-electron chi connectivity index (χ0n) is 6.75. The van der Waals surface area contributed by atoms with Gasteiger partial charge in [0.2, 0.25) is 0 Å². The van der Waals surface area contributed by atoms with Crippen molar-refractivity contribution in [2.75, 3.05) is 0 Å². The first-order valence-electron chi connectivity index (χ1n) is 4.38. The molecule has 58 valence electrons. The van der Waals surface area contributed by atoms with Crippen LogP contribution in [-0.4, -0.2) is 11.2 Å². The number of rotatable bonds is 0. The third kappa shape index (κ3) is 0.672. The van der Waals surface area contributed by atoms with Crippen LogP contribution in [0.5, 0.6) is 0 Å². The van der Waals surface area contributed by atoms with Crippen molar-refractivity contribution in [3.8, 4) is 0 Å². The number of aliphatic hydroxyl groups excluding tert-OH is 1. The fourth-order valence-corrected chi connectivity index (χ4v) is 2.90. The summed E-state index contributed by atoms with van der Waals surface area (Å²) in [7, 11) is 0. The van der Waals surface area contributed by atoms with Crippen LogP contribution >= 0.6 is 0 Å². The van der Waals surface area contributed by atoms with Gasteiger partial charge >= 0.3 is 0 Å². The van der Waals surface area contributed by atoms with Gasteiger partial charge in [-0.3, -0.25) is 0 Å². The predicted molar refractivity (Wildman–Crippen MR) is 40.5 cm³/mol. The van der Waals surface area contributed by atoms with Crippen LogP contribution in [0.3, 0.4) is 0 Å². The molecule has 0 heterocycles. The van der Waals surface area contributed by atoms with Crippen molar-refractivity contribution in [2.45, 2.75) is 32.8 Å². The van der Waals surface area contributed by atoms with Gasteiger partial charge < -0.3 is 5.11 Å². The summed E-state index contributed by atoms with van der Waals surface area (Å²) in [6.45, 7) is 4.47. The Balaban J connectivity index is 2.16. The van der Waals surface area contributed by atoms with Crippen molar-refractivity contribution < 1.29 is 5.11 Å². The highest BCUT2D eigenvalue weighted by Crippen LogP contribution is 2.51. The smallest absolute Gasteiger partial charge is 0.0599 e. The van der Waals surface area contributed by atoms with Crippen molar-refractivity contribution in [3.63, 3.8) is 0 Å². The minimum absolute atomic E-state index is 0.0220. The highest BCUT2D eigenvalue weighted by molar-refractivity contribution is 4.97. The third-order valence-corrected chi connectivity index (χ3v) is 3.70. The van der Waals surface area contributed by atoms with Gasteiger partial charge in [-0.1, -0.05) is 13.8 Å². The fraction of sp³-hybridized carbons (Fsp3) is 1.00. The van der Waals surface area contributed by atoms with E-state index < -0.39 is 0 Å². The highest BCUT2D eigenvalue weighted by Gasteiger charge is 2.48. The third-order valence-electron chi connectivity index (χ3n) is 3.70.